The maximum atomic E-state index is 11.7. The summed E-state index contributed by atoms with van der Waals surface area (Å²) >= 11 is 0. The number of nitrogens with zero attached hydrogens (tertiary/aromatic N) is 2. The molecule has 1 aromatic carbocycles. The molecule has 1 aromatic heterocycles. The topological polar surface area (TPSA) is 60.9 Å². The van der Waals surface area contributed by atoms with Crippen LogP contribution in [0.1, 0.15) is 13.3 Å². The second-order valence-corrected chi connectivity index (χ2v) is 4.27. The number of hydrogen-bond donors (Lipinski definition) is 1. The summed E-state index contributed by atoms with van der Waals surface area (Å²) in [6.07, 6.45) is 0.823. The molecule has 2 aromatic rings. The molecule has 4 heteroatoms. The molecule has 0 fully saturated rings. The van der Waals surface area contributed by atoms with Gasteiger partial charge in [0.15, 0.2) is 0 Å². The van der Waals surface area contributed by atoms with Gasteiger partial charge in [0.25, 0.3) is 5.56 Å². The molecule has 0 aliphatic rings. The van der Waals surface area contributed by atoms with E-state index in [1.807, 2.05) is 37.3 Å². The van der Waals surface area contributed by atoms with Crippen molar-refractivity contribution in [3.8, 4) is 11.3 Å². The fraction of sp³-hybridized carbons (Fsp3) is 0.286. The summed E-state index contributed by atoms with van der Waals surface area (Å²) in [5, 5.41) is 4.35. The average molecular weight is 243 g/mol. The smallest absolute Gasteiger partial charge is 0.266 e. The molecule has 0 saturated heterocycles. The van der Waals surface area contributed by atoms with E-state index in [4.69, 9.17) is 5.73 Å². The summed E-state index contributed by atoms with van der Waals surface area (Å²) in [4.78, 5) is 11.7. The van der Waals surface area contributed by atoms with Crippen LogP contribution in [-0.2, 0) is 6.54 Å². The fourth-order valence-electron chi connectivity index (χ4n) is 1.69. The van der Waals surface area contributed by atoms with Gasteiger partial charge < -0.3 is 5.73 Å². The Morgan fingerprint density at radius 3 is 2.61 bits per heavy atom. The number of aromatic nitrogens is 2. The van der Waals surface area contributed by atoms with Crippen molar-refractivity contribution in [2.45, 2.75) is 25.9 Å². The van der Waals surface area contributed by atoms with Crippen LogP contribution in [0.2, 0.25) is 0 Å². The molecule has 0 saturated carbocycles. The van der Waals surface area contributed by atoms with Crippen molar-refractivity contribution in [3.05, 3.63) is 52.8 Å². The highest BCUT2D eigenvalue weighted by atomic mass is 16.1. The molecule has 94 valence electrons. The summed E-state index contributed by atoms with van der Waals surface area (Å²) < 4.78 is 1.44. The van der Waals surface area contributed by atoms with Crippen LogP contribution in [0.25, 0.3) is 11.3 Å². The van der Waals surface area contributed by atoms with Crippen molar-refractivity contribution >= 4 is 0 Å². The van der Waals surface area contributed by atoms with E-state index < -0.39 is 0 Å². The highest BCUT2D eigenvalue weighted by molar-refractivity contribution is 5.57. The second-order valence-electron chi connectivity index (χ2n) is 4.27. The Morgan fingerprint density at radius 1 is 1.22 bits per heavy atom. The Morgan fingerprint density at radius 2 is 1.94 bits per heavy atom. The van der Waals surface area contributed by atoms with E-state index >= 15 is 0 Å². The van der Waals surface area contributed by atoms with Crippen LogP contribution in [0.15, 0.2) is 47.3 Å². The van der Waals surface area contributed by atoms with Gasteiger partial charge in [-0.1, -0.05) is 37.3 Å². The molecule has 0 amide bonds. The molecule has 1 heterocycles. The van der Waals surface area contributed by atoms with Gasteiger partial charge in [-0.05, 0) is 12.5 Å². The van der Waals surface area contributed by atoms with Crippen LogP contribution in [0, 0.1) is 0 Å². The van der Waals surface area contributed by atoms with Crippen molar-refractivity contribution in [1.29, 1.82) is 0 Å². The summed E-state index contributed by atoms with van der Waals surface area (Å²) in [5.41, 5.74) is 7.54. The highest BCUT2D eigenvalue weighted by Gasteiger charge is 2.06. The van der Waals surface area contributed by atoms with Gasteiger partial charge in [-0.25, -0.2) is 4.68 Å². The van der Waals surface area contributed by atoms with Crippen LogP contribution >= 0.6 is 0 Å². The average Bonchev–Trinajstić information content (AvgIpc) is 2.42. The van der Waals surface area contributed by atoms with Gasteiger partial charge in [-0.2, -0.15) is 5.10 Å². The second kappa shape index (κ2) is 5.60. The molecule has 0 bridgehead atoms. The van der Waals surface area contributed by atoms with E-state index in [-0.39, 0.29) is 11.6 Å². The van der Waals surface area contributed by atoms with Crippen molar-refractivity contribution in [3.63, 3.8) is 0 Å². The van der Waals surface area contributed by atoms with Gasteiger partial charge in [0.05, 0.1) is 12.2 Å². The third kappa shape index (κ3) is 2.84. The Hall–Kier alpha value is -1.94. The van der Waals surface area contributed by atoms with Crippen LogP contribution < -0.4 is 11.3 Å². The Labute approximate surface area is 106 Å². The van der Waals surface area contributed by atoms with E-state index in [0.29, 0.717) is 6.54 Å². The van der Waals surface area contributed by atoms with Gasteiger partial charge in [-0.3, -0.25) is 4.79 Å². The van der Waals surface area contributed by atoms with E-state index in [2.05, 4.69) is 5.10 Å². The SMILES string of the molecule is CCC(N)Cn1nc(-c2ccccc2)ccc1=O. The minimum atomic E-state index is -0.112. The molecule has 0 aliphatic carbocycles. The highest BCUT2D eigenvalue weighted by Crippen LogP contribution is 2.13. The molecular weight excluding hydrogens is 226 g/mol. The zero-order valence-corrected chi connectivity index (χ0v) is 10.4. The minimum absolute atomic E-state index is 0.0405. The number of hydrogen-bond acceptors (Lipinski definition) is 3. The lowest BCUT2D eigenvalue weighted by Crippen LogP contribution is -2.32. The first-order valence-electron chi connectivity index (χ1n) is 6.10. The molecule has 2 rings (SSSR count). The molecule has 2 N–H and O–H groups in total. The van der Waals surface area contributed by atoms with Crippen LogP contribution in [0.3, 0.4) is 0 Å². The Balaban J connectivity index is 2.35. The molecule has 1 atom stereocenters. The van der Waals surface area contributed by atoms with Crippen LogP contribution in [0.5, 0.6) is 0 Å². The zero-order valence-electron chi connectivity index (χ0n) is 10.4. The molecule has 0 radical (unpaired) electrons. The fourth-order valence-corrected chi connectivity index (χ4v) is 1.69. The van der Waals surface area contributed by atoms with Crippen molar-refractivity contribution < 1.29 is 0 Å². The molecule has 18 heavy (non-hydrogen) atoms. The van der Waals surface area contributed by atoms with Gasteiger partial charge in [0.1, 0.15) is 0 Å². The van der Waals surface area contributed by atoms with Gasteiger partial charge >= 0.3 is 0 Å². The summed E-state index contributed by atoms with van der Waals surface area (Å²) in [6.45, 7) is 2.45. The Kier molecular flexibility index (Phi) is 3.89. The van der Waals surface area contributed by atoms with Gasteiger partial charge in [0, 0.05) is 17.7 Å². The largest absolute Gasteiger partial charge is 0.326 e. The lowest BCUT2D eigenvalue weighted by Gasteiger charge is -2.11. The minimum Gasteiger partial charge on any atom is -0.326 e. The predicted molar refractivity (Wildman–Crippen MR) is 72.2 cm³/mol. The van der Waals surface area contributed by atoms with Crippen LogP contribution in [0.4, 0.5) is 0 Å². The number of benzene rings is 1. The first-order chi connectivity index (χ1) is 8.70. The van der Waals surface area contributed by atoms with E-state index in [1.54, 1.807) is 6.07 Å². The van der Waals surface area contributed by atoms with Crippen LogP contribution in [-0.4, -0.2) is 15.8 Å². The molecule has 0 aliphatic heterocycles. The standard InChI is InChI=1S/C14H17N3O/c1-2-12(15)10-17-14(18)9-8-13(16-17)11-6-4-3-5-7-11/h3-9,12H,2,10,15H2,1H3. The maximum absolute atomic E-state index is 11.7. The monoisotopic (exact) mass is 243 g/mol. The lowest BCUT2D eigenvalue weighted by molar-refractivity contribution is 0.482. The first kappa shape index (κ1) is 12.5. The molecular formula is C14H17N3O. The van der Waals surface area contributed by atoms with Crippen molar-refractivity contribution in [1.82, 2.24) is 9.78 Å². The Bertz CT molecular complexity index is 563. The maximum Gasteiger partial charge on any atom is 0.266 e. The van der Waals surface area contributed by atoms with Crippen molar-refractivity contribution in [2.24, 2.45) is 5.73 Å². The normalized spacial score (nSPS) is 12.3. The van der Waals surface area contributed by atoms with E-state index in [1.165, 1.54) is 10.7 Å². The van der Waals surface area contributed by atoms with Gasteiger partial charge in [0.2, 0.25) is 0 Å². The quantitative estimate of drug-likeness (QED) is 0.888. The van der Waals surface area contributed by atoms with Gasteiger partial charge in [-0.15, -0.1) is 0 Å². The number of nitrogens with two attached hydrogens (primary N) is 1. The lowest BCUT2D eigenvalue weighted by atomic mass is 10.1. The summed E-state index contributed by atoms with van der Waals surface area (Å²) in [7, 11) is 0. The third-order valence-electron chi connectivity index (χ3n) is 2.87. The molecule has 1 unspecified atom stereocenters. The summed E-state index contributed by atoms with van der Waals surface area (Å²) in [5.74, 6) is 0. The zero-order chi connectivity index (χ0) is 13.0. The third-order valence-corrected chi connectivity index (χ3v) is 2.87. The first-order valence-corrected chi connectivity index (χ1v) is 6.10. The van der Waals surface area contributed by atoms with E-state index in [9.17, 15) is 4.79 Å². The van der Waals surface area contributed by atoms with Crippen molar-refractivity contribution in [2.75, 3.05) is 0 Å². The number of rotatable bonds is 4. The summed E-state index contributed by atoms with van der Waals surface area (Å²) in [6, 6.07) is 13.0. The molecule has 0 spiro atoms. The predicted octanol–water partition coefficient (Wildman–Crippen LogP) is 1.65. The molecule has 4 nitrogen and oxygen atoms in total. The van der Waals surface area contributed by atoms with E-state index in [0.717, 1.165) is 17.7 Å².